The van der Waals surface area contributed by atoms with Crippen molar-refractivity contribution in [3.8, 4) is 17.8 Å². The second-order valence-electron chi connectivity index (χ2n) is 2.47. The van der Waals surface area contributed by atoms with E-state index in [1.54, 1.807) is 0 Å². The molecule has 0 heterocycles. The summed E-state index contributed by atoms with van der Waals surface area (Å²) in [5.41, 5.74) is 0. The van der Waals surface area contributed by atoms with Crippen LogP contribution in [0.2, 0.25) is 0 Å². The number of carbonyl (C=O) groups is 1. The van der Waals surface area contributed by atoms with Crippen molar-refractivity contribution >= 4 is 5.97 Å². The predicted octanol–water partition coefficient (Wildman–Crippen LogP) is 1.59. The molecule has 0 aliphatic carbocycles. The van der Waals surface area contributed by atoms with Crippen LogP contribution in [0.25, 0.3) is 0 Å². The van der Waals surface area contributed by atoms with Gasteiger partial charge in [-0.1, -0.05) is 18.2 Å². The van der Waals surface area contributed by atoms with Gasteiger partial charge in [0.1, 0.15) is 11.9 Å². The second-order valence-corrected chi connectivity index (χ2v) is 2.47. The van der Waals surface area contributed by atoms with E-state index in [4.69, 9.17) is 4.74 Å². The quantitative estimate of drug-likeness (QED) is 0.524. The van der Waals surface area contributed by atoms with Crippen molar-refractivity contribution in [2.45, 2.75) is 6.92 Å². The number of rotatable bonds is 2. The normalized spacial score (nSPS) is 8.36. The van der Waals surface area contributed by atoms with E-state index < -0.39 is 5.97 Å². The number of para-hydroxylation sites is 1. The van der Waals surface area contributed by atoms with Crippen LogP contribution in [0.3, 0.4) is 0 Å². The average molecular weight is 190 g/mol. The molecule has 0 aromatic heterocycles. The van der Waals surface area contributed by atoms with Gasteiger partial charge in [-0.3, -0.25) is 4.79 Å². The molecule has 0 unspecified atom stereocenters. The topological polar surface area (TPSA) is 35.5 Å². The van der Waals surface area contributed by atoms with Crippen LogP contribution in [0.5, 0.6) is 5.75 Å². The first-order chi connectivity index (χ1) is 6.79. The molecule has 3 heteroatoms. The lowest BCUT2D eigenvalue weighted by atomic mass is 10.3. The molecule has 1 rings (SSSR count). The fourth-order valence-corrected chi connectivity index (χ4v) is 0.774. The van der Waals surface area contributed by atoms with Crippen LogP contribution in [0.4, 0.5) is 0 Å². The minimum atomic E-state index is -0.419. The van der Waals surface area contributed by atoms with Gasteiger partial charge in [0.15, 0.2) is 6.61 Å². The van der Waals surface area contributed by atoms with E-state index in [-0.39, 0.29) is 6.61 Å². The largest absolute Gasteiger partial charge is 0.481 e. The smallest absolute Gasteiger partial charge is 0.316 e. The zero-order valence-corrected chi connectivity index (χ0v) is 7.82. The average Bonchev–Trinajstić information content (AvgIpc) is 2.18. The summed E-state index contributed by atoms with van der Waals surface area (Å²) in [7, 11) is 0. The molecule has 14 heavy (non-hydrogen) atoms. The van der Waals surface area contributed by atoms with Gasteiger partial charge in [0.25, 0.3) is 0 Å². The molecule has 0 N–H and O–H groups in total. The van der Waals surface area contributed by atoms with Gasteiger partial charge in [0.2, 0.25) is 0 Å². The summed E-state index contributed by atoms with van der Waals surface area (Å²) in [6, 6.07) is 9.29. The van der Waals surface area contributed by atoms with Crippen LogP contribution >= 0.6 is 0 Å². The third kappa shape index (κ3) is 4.17. The van der Waals surface area contributed by atoms with Crippen molar-refractivity contribution in [1.82, 2.24) is 0 Å². The van der Waals surface area contributed by atoms with Crippen LogP contribution < -0.4 is 4.74 Å². The third-order valence-corrected chi connectivity index (χ3v) is 1.32. The maximum Gasteiger partial charge on any atom is 0.316 e. The summed E-state index contributed by atoms with van der Waals surface area (Å²) in [5, 5.41) is 0. The minimum absolute atomic E-state index is 0.206. The number of ether oxygens (including phenoxy) is 2. The van der Waals surface area contributed by atoms with Crippen molar-refractivity contribution < 1.29 is 14.3 Å². The molecule has 0 radical (unpaired) electrons. The monoisotopic (exact) mass is 190 g/mol. The molecule has 0 fully saturated rings. The first-order valence-corrected chi connectivity index (χ1v) is 4.12. The Labute approximate surface area is 82.6 Å². The Morgan fingerprint density at radius 2 is 2.07 bits per heavy atom. The van der Waals surface area contributed by atoms with Gasteiger partial charge in [0, 0.05) is 6.92 Å². The molecule has 0 amide bonds. The zero-order valence-electron chi connectivity index (χ0n) is 7.82. The number of esters is 1. The zero-order chi connectivity index (χ0) is 10.2. The molecule has 0 aliphatic rings. The van der Waals surface area contributed by atoms with Gasteiger partial charge in [-0.2, -0.15) is 0 Å². The van der Waals surface area contributed by atoms with Gasteiger partial charge in [0.05, 0.1) is 0 Å². The molecule has 1 aromatic rings. The Balaban J connectivity index is 2.27. The molecular formula is C11H10O3. The highest BCUT2D eigenvalue weighted by atomic mass is 16.5. The van der Waals surface area contributed by atoms with Crippen LogP contribution in [-0.4, -0.2) is 12.6 Å². The maximum absolute atomic E-state index is 10.3. The minimum Gasteiger partial charge on any atom is -0.481 e. The highest BCUT2D eigenvalue weighted by Gasteiger charge is 1.87. The van der Waals surface area contributed by atoms with Crippen molar-refractivity contribution in [2.75, 3.05) is 6.61 Å². The summed E-state index contributed by atoms with van der Waals surface area (Å²) in [4.78, 5) is 10.3. The lowest BCUT2D eigenvalue weighted by Crippen LogP contribution is -1.95. The van der Waals surface area contributed by atoms with E-state index in [9.17, 15) is 4.79 Å². The lowest BCUT2D eigenvalue weighted by Gasteiger charge is -1.99. The van der Waals surface area contributed by atoms with Crippen LogP contribution in [-0.2, 0) is 9.53 Å². The Morgan fingerprint density at radius 1 is 1.36 bits per heavy atom. The number of hydrogen-bond donors (Lipinski definition) is 0. The summed E-state index contributed by atoms with van der Waals surface area (Å²) in [6.45, 7) is 1.50. The van der Waals surface area contributed by atoms with Gasteiger partial charge >= 0.3 is 5.97 Å². The molecule has 0 aliphatic heterocycles. The van der Waals surface area contributed by atoms with E-state index in [0.717, 1.165) is 5.75 Å². The van der Waals surface area contributed by atoms with Crippen LogP contribution in [0, 0.1) is 12.0 Å². The summed E-state index contributed by atoms with van der Waals surface area (Å²) < 4.78 is 9.62. The Kier molecular flexibility index (Phi) is 4.09. The maximum atomic E-state index is 10.3. The van der Waals surface area contributed by atoms with Crippen molar-refractivity contribution in [3.63, 3.8) is 0 Å². The molecule has 1 aromatic carbocycles. The Bertz CT molecular complexity index is 346. The van der Waals surface area contributed by atoms with Gasteiger partial charge in [-0.05, 0) is 18.1 Å². The molecule has 0 saturated heterocycles. The molecule has 0 spiro atoms. The van der Waals surface area contributed by atoms with Crippen molar-refractivity contribution in [2.24, 2.45) is 0 Å². The molecule has 72 valence electrons. The first-order valence-electron chi connectivity index (χ1n) is 4.12. The van der Waals surface area contributed by atoms with Gasteiger partial charge in [-0.15, -0.1) is 0 Å². The second kappa shape index (κ2) is 5.65. The lowest BCUT2D eigenvalue weighted by molar-refractivity contribution is -0.134. The fraction of sp³-hybridized carbons (Fsp3) is 0.182. The highest BCUT2D eigenvalue weighted by molar-refractivity contribution is 5.67. The molecule has 0 saturated carbocycles. The first kappa shape index (κ1) is 10.1. The standard InChI is InChI=1S/C11H10O3/c1-10(12)13-8-5-9-14-11-6-3-2-4-7-11/h2-4,6-7H,9H2,1H3. The molecule has 3 nitrogen and oxygen atoms in total. The Hall–Kier alpha value is -1.95. The van der Waals surface area contributed by atoms with Crippen molar-refractivity contribution in [3.05, 3.63) is 30.3 Å². The highest BCUT2D eigenvalue weighted by Crippen LogP contribution is 2.07. The molecular weight excluding hydrogens is 180 g/mol. The van der Waals surface area contributed by atoms with E-state index in [1.807, 2.05) is 30.3 Å². The molecule has 0 bridgehead atoms. The number of hydrogen-bond acceptors (Lipinski definition) is 3. The van der Waals surface area contributed by atoms with Crippen molar-refractivity contribution in [1.29, 1.82) is 0 Å². The van der Waals surface area contributed by atoms with Crippen LogP contribution in [0.15, 0.2) is 30.3 Å². The predicted molar refractivity (Wildman–Crippen MR) is 51.5 cm³/mol. The summed E-state index contributed by atoms with van der Waals surface area (Å²) in [5.74, 6) is 2.87. The van der Waals surface area contributed by atoms with Gasteiger partial charge < -0.3 is 9.47 Å². The van der Waals surface area contributed by atoms with E-state index in [0.29, 0.717) is 0 Å². The number of carbonyl (C=O) groups excluding carboxylic acids is 1. The van der Waals surface area contributed by atoms with E-state index in [2.05, 4.69) is 16.8 Å². The van der Waals surface area contributed by atoms with E-state index >= 15 is 0 Å². The number of benzene rings is 1. The molecule has 0 atom stereocenters. The van der Waals surface area contributed by atoms with E-state index in [1.165, 1.54) is 6.92 Å². The summed E-state index contributed by atoms with van der Waals surface area (Å²) in [6.07, 6.45) is 2.23. The SMILES string of the molecule is CC(=O)OC#CCOc1ccccc1. The third-order valence-electron chi connectivity index (χ3n) is 1.32. The fourth-order valence-electron chi connectivity index (χ4n) is 0.774. The Morgan fingerprint density at radius 3 is 2.71 bits per heavy atom. The summed E-state index contributed by atoms with van der Waals surface area (Å²) >= 11 is 0. The van der Waals surface area contributed by atoms with Crippen LogP contribution in [0.1, 0.15) is 6.92 Å². The van der Waals surface area contributed by atoms with Gasteiger partial charge in [-0.25, -0.2) is 0 Å².